The number of aliphatic hydroxyl groups excluding tert-OH is 1. The van der Waals surface area contributed by atoms with E-state index in [2.05, 4.69) is 10.3 Å². The van der Waals surface area contributed by atoms with Crippen molar-refractivity contribution in [3.05, 3.63) is 23.9 Å². The molecule has 0 aromatic carbocycles. The first-order chi connectivity index (χ1) is 9.22. The molecule has 104 valence electrons. The topological polar surface area (TPSA) is 88.2 Å². The molecule has 4 N–H and O–H groups in total. The number of anilines is 1. The molecule has 1 aromatic heterocycles. The van der Waals surface area contributed by atoms with Gasteiger partial charge in [0.05, 0.1) is 5.56 Å². The first kappa shape index (κ1) is 13.8. The molecule has 0 aliphatic heterocycles. The summed E-state index contributed by atoms with van der Waals surface area (Å²) in [6.45, 7) is 0.958. The smallest absolute Gasteiger partial charge is 0.252 e. The summed E-state index contributed by atoms with van der Waals surface area (Å²) in [6.07, 6.45) is 6.22. The number of carbonyl (C=O) groups is 1. The van der Waals surface area contributed by atoms with Gasteiger partial charge in [0.15, 0.2) is 0 Å². The quantitative estimate of drug-likeness (QED) is 0.749. The van der Waals surface area contributed by atoms with Gasteiger partial charge in [-0.2, -0.15) is 0 Å². The van der Waals surface area contributed by atoms with Crippen molar-refractivity contribution in [2.45, 2.75) is 25.7 Å². The van der Waals surface area contributed by atoms with Crippen LogP contribution in [0.15, 0.2) is 18.3 Å². The molecule has 5 heteroatoms. The summed E-state index contributed by atoms with van der Waals surface area (Å²) in [5.41, 5.74) is 5.73. The molecule has 1 aliphatic carbocycles. The lowest BCUT2D eigenvalue weighted by atomic mass is 9.79. The van der Waals surface area contributed by atoms with Crippen LogP contribution in [0.25, 0.3) is 0 Å². The highest BCUT2D eigenvalue weighted by Gasteiger charge is 2.24. The SMILES string of the molecule is NC(=O)c1cccnc1NCC1CCCCC1CO. The van der Waals surface area contributed by atoms with E-state index in [1.165, 1.54) is 12.8 Å². The molecule has 5 nitrogen and oxygen atoms in total. The summed E-state index contributed by atoms with van der Waals surface area (Å²) in [5, 5.41) is 12.6. The van der Waals surface area contributed by atoms with Crippen molar-refractivity contribution in [2.24, 2.45) is 17.6 Å². The van der Waals surface area contributed by atoms with Crippen LogP contribution in [-0.4, -0.2) is 29.1 Å². The largest absolute Gasteiger partial charge is 0.396 e. The van der Waals surface area contributed by atoms with E-state index in [4.69, 9.17) is 5.73 Å². The lowest BCUT2D eigenvalue weighted by Crippen LogP contribution is -2.29. The molecule has 2 unspecified atom stereocenters. The Morgan fingerprint density at radius 1 is 1.42 bits per heavy atom. The molecule has 19 heavy (non-hydrogen) atoms. The van der Waals surface area contributed by atoms with Crippen molar-refractivity contribution in [2.75, 3.05) is 18.5 Å². The zero-order valence-electron chi connectivity index (χ0n) is 11.0. The molecule has 0 spiro atoms. The third-order valence-corrected chi connectivity index (χ3v) is 3.91. The number of aromatic nitrogens is 1. The molecule has 1 fully saturated rings. The number of pyridine rings is 1. The van der Waals surface area contributed by atoms with Crippen molar-refractivity contribution in [3.63, 3.8) is 0 Å². The standard InChI is InChI=1S/C14H21N3O2/c15-13(19)12-6-3-7-16-14(12)17-8-10-4-1-2-5-11(10)9-18/h3,6-7,10-11,18H,1-2,4-5,8-9H2,(H2,15,19)(H,16,17). The van der Waals surface area contributed by atoms with E-state index < -0.39 is 5.91 Å². The minimum Gasteiger partial charge on any atom is -0.396 e. The monoisotopic (exact) mass is 263 g/mol. The molecule has 1 saturated carbocycles. The molecular formula is C14H21N3O2. The fourth-order valence-electron chi connectivity index (χ4n) is 2.77. The number of carbonyl (C=O) groups excluding carboxylic acids is 1. The van der Waals surface area contributed by atoms with E-state index in [0.29, 0.717) is 23.2 Å². The van der Waals surface area contributed by atoms with Crippen LogP contribution in [0, 0.1) is 11.8 Å². The van der Waals surface area contributed by atoms with Gasteiger partial charge in [-0.1, -0.05) is 12.8 Å². The van der Waals surface area contributed by atoms with Crippen LogP contribution in [0.1, 0.15) is 36.0 Å². The number of nitrogens with one attached hydrogen (secondary N) is 1. The van der Waals surface area contributed by atoms with Gasteiger partial charge < -0.3 is 16.2 Å². The van der Waals surface area contributed by atoms with Crippen LogP contribution in [0.4, 0.5) is 5.82 Å². The number of rotatable bonds is 5. The molecular weight excluding hydrogens is 242 g/mol. The maximum Gasteiger partial charge on any atom is 0.252 e. The summed E-state index contributed by atoms with van der Waals surface area (Å²) >= 11 is 0. The van der Waals surface area contributed by atoms with E-state index in [1.807, 2.05) is 0 Å². The minimum absolute atomic E-state index is 0.233. The van der Waals surface area contributed by atoms with Gasteiger partial charge in [-0.25, -0.2) is 4.98 Å². The highest BCUT2D eigenvalue weighted by Crippen LogP contribution is 2.29. The van der Waals surface area contributed by atoms with Crippen LogP contribution in [0.2, 0.25) is 0 Å². The Labute approximate surface area is 113 Å². The zero-order valence-corrected chi connectivity index (χ0v) is 11.0. The minimum atomic E-state index is -0.474. The predicted molar refractivity (Wildman–Crippen MR) is 73.8 cm³/mol. The maximum absolute atomic E-state index is 11.3. The zero-order chi connectivity index (χ0) is 13.7. The summed E-state index contributed by atoms with van der Waals surface area (Å²) in [7, 11) is 0. The van der Waals surface area contributed by atoms with E-state index >= 15 is 0 Å². The number of primary amides is 1. The summed E-state index contributed by atoms with van der Waals surface area (Å²) in [6, 6.07) is 3.37. The molecule has 0 saturated heterocycles. The fourth-order valence-corrected chi connectivity index (χ4v) is 2.77. The van der Waals surface area contributed by atoms with Crippen LogP contribution in [0.5, 0.6) is 0 Å². The van der Waals surface area contributed by atoms with Gasteiger partial charge in [0.25, 0.3) is 5.91 Å². The van der Waals surface area contributed by atoms with Crippen LogP contribution in [-0.2, 0) is 0 Å². The van der Waals surface area contributed by atoms with E-state index in [9.17, 15) is 9.90 Å². The van der Waals surface area contributed by atoms with E-state index in [0.717, 1.165) is 19.4 Å². The molecule has 0 radical (unpaired) electrons. The van der Waals surface area contributed by atoms with E-state index in [1.54, 1.807) is 18.3 Å². The van der Waals surface area contributed by atoms with Crippen molar-refractivity contribution in [1.82, 2.24) is 4.98 Å². The number of nitrogens with two attached hydrogens (primary N) is 1. The molecule has 1 aliphatic rings. The van der Waals surface area contributed by atoms with Crippen LogP contribution < -0.4 is 11.1 Å². The highest BCUT2D eigenvalue weighted by molar-refractivity contribution is 5.97. The van der Waals surface area contributed by atoms with Crippen molar-refractivity contribution in [3.8, 4) is 0 Å². The average molecular weight is 263 g/mol. The number of hydrogen-bond donors (Lipinski definition) is 3. The normalized spacial score (nSPS) is 23.0. The Kier molecular flexibility index (Phi) is 4.74. The van der Waals surface area contributed by atoms with Gasteiger partial charge in [-0.3, -0.25) is 4.79 Å². The van der Waals surface area contributed by atoms with Crippen molar-refractivity contribution < 1.29 is 9.90 Å². The summed E-state index contributed by atoms with van der Waals surface area (Å²) in [5.74, 6) is 0.846. The molecule has 1 heterocycles. The third kappa shape index (κ3) is 3.44. The Balaban J connectivity index is 2.00. The maximum atomic E-state index is 11.3. The lowest BCUT2D eigenvalue weighted by Gasteiger charge is -2.30. The molecule has 1 amide bonds. The van der Waals surface area contributed by atoms with Crippen molar-refractivity contribution in [1.29, 1.82) is 0 Å². The van der Waals surface area contributed by atoms with Gasteiger partial charge in [-0.15, -0.1) is 0 Å². The Morgan fingerprint density at radius 2 is 2.16 bits per heavy atom. The van der Waals surface area contributed by atoms with E-state index in [-0.39, 0.29) is 6.61 Å². The Hall–Kier alpha value is -1.62. The molecule has 2 atom stereocenters. The van der Waals surface area contributed by atoms with Gasteiger partial charge in [0, 0.05) is 19.3 Å². The predicted octanol–water partition coefficient (Wildman–Crippen LogP) is 1.39. The second-order valence-corrected chi connectivity index (χ2v) is 5.13. The van der Waals surface area contributed by atoms with Gasteiger partial charge in [0.2, 0.25) is 0 Å². The van der Waals surface area contributed by atoms with Gasteiger partial charge in [-0.05, 0) is 36.8 Å². The van der Waals surface area contributed by atoms with Crippen LogP contribution >= 0.6 is 0 Å². The number of amides is 1. The van der Waals surface area contributed by atoms with Gasteiger partial charge in [0.1, 0.15) is 5.82 Å². The summed E-state index contributed by atoms with van der Waals surface area (Å²) < 4.78 is 0. The number of aliphatic hydroxyl groups is 1. The Morgan fingerprint density at radius 3 is 2.84 bits per heavy atom. The number of hydrogen-bond acceptors (Lipinski definition) is 4. The first-order valence-corrected chi connectivity index (χ1v) is 6.82. The Bertz CT molecular complexity index is 436. The van der Waals surface area contributed by atoms with Gasteiger partial charge >= 0.3 is 0 Å². The average Bonchev–Trinajstić information content (AvgIpc) is 2.45. The second kappa shape index (κ2) is 6.52. The van der Waals surface area contributed by atoms with Crippen molar-refractivity contribution >= 4 is 11.7 Å². The van der Waals surface area contributed by atoms with Crippen LogP contribution in [0.3, 0.4) is 0 Å². The second-order valence-electron chi connectivity index (χ2n) is 5.13. The fraction of sp³-hybridized carbons (Fsp3) is 0.571. The highest BCUT2D eigenvalue weighted by atomic mass is 16.3. The third-order valence-electron chi connectivity index (χ3n) is 3.91. The molecule has 2 rings (SSSR count). The molecule has 1 aromatic rings. The summed E-state index contributed by atoms with van der Waals surface area (Å²) in [4.78, 5) is 15.5. The lowest BCUT2D eigenvalue weighted by molar-refractivity contribution is 0.100. The first-order valence-electron chi connectivity index (χ1n) is 6.82. The molecule has 0 bridgehead atoms. The number of nitrogens with zero attached hydrogens (tertiary/aromatic N) is 1.